The highest BCUT2D eigenvalue weighted by Crippen LogP contribution is 2.31. The number of hydrogen-bond acceptors (Lipinski definition) is 2. The summed E-state index contributed by atoms with van der Waals surface area (Å²) in [6.07, 6.45) is 3.32. The number of nitrogens with zero attached hydrogens (tertiary/aromatic N) is 1. The Morgan fingerprint density at radius 3 is 2.53 bits per heavy atom. The van der Waals surface area contributed by atoms with Gasteiger partial charge in [-0.3, -0.25) is 0 Å². The van der Waals surface area contributed by atoms with Crippen molar-refractivity contribution in [2.45, 2.75) is 33.7 Å². The van der Waals surface area contributed by atoms with Crippen molar-refractivity contribution in [3.8, 4) is 0 Å². The number of rotatable bonds is 2. The molecular formula is C16H23FN2. The second-order valence-electron chi connectivity index (χ2n) is 6.16. The van der Waals surface area contributed by atoms with Gasteiger partial charge >= 0.3 is 0 Å². The van der Waals surface area contributed by atoms with E-state index in [1.54, 1.807) is 12.1 Å². The Morgan fingerprint density at radius 2 is 2.05 bits per heavy atom. The maximum atomic E-state index is 13.7. The minimum atomic E-state index is -0.203. The Bertz CT molecular complexity index is 486. The first kappa shape index (κ1) is 14.1. The van der Waals surface area contributed by atoms with Crippen LogP contribution in [0.5, 0.6) is 0 Å². The van der Waals surface area contributed by atoms with Crippen LogP contribution in [-0.4, -0.2) is 13.1 Å². The van der Waals surface area contributed by atoms with Crippen LogP contribution < -0.4 is 10.6 Å². The van der Waals surface area contributed by atoms with E-state index < -0.39 is 0 Å². The fourth-order valence-corrected chi connectivity index (χ4v) is 2.48. The van der Waals surface area contributed by atoms with E-state index in [2.05, 4.69) is 31.7 Å². The normalized spacial score (nSPS) is 16.5. The van der Waals surface area contributed by atoms with Gasteiger partial charge in [0.2, 0.25) is 0 Å². The highest BCUT2D eigenvalue weighted by Gasteiger charge is 2.21. The molecule has 2 N–H and O–H groups in total. The first-order valence-corrected chi connectivity index (χ1v) is 6.85. The van der Waals surface area contributed by atoms with Gasteiger partial charge in [0.15, 0.2) is 0 Å². The minimum absolute atomic E-state index is 0.203. The second kappa shape index (κ2) is 5.33. The molecule has 0 aromatic heterocycles. The minimum Gasteiger partial charge on any atom is -0.367 e. The van der Waals surface area contributed by atoms with E-state index in [0.717, 1.165) is 25.2 Å². The third kappa shape index (κ3) is 3.16. The molecule has 0 atom stereocenters. The molecule has 104 valence electrons. The predicted molar refractivity (Wildman–Crippen MR) is 78.7 cm³/mol. The molecule has 1 aliphatic heterocycles. The zero-order valence-corrected chi connectivity index (χ0v) is 12.0. The summed E-state index contributed by atoms with van der Waals surface area (Å²) < 4.78 is 13.7. The van der Waals surface area contributed by atoms with Gasteiger partial charge in [-0.05, 0) is 24.0 Å². The Kier molecular flexibility index (Phi) is 3.95. The quantitative estimate of drug-likeness (QED) is 0.827. The largest absolute Gasteiger partial charge is 0.367 e. The summed E-state index contributed by atoms with van der Waals surface area (Å²) in [6.45, 7) is 8.78. The Balaban J connectivity index is 2.14. The number of hydrogen-bond donors (Lipinski definition) is 1. The third-order valence-electron chi connectivity index (χ3n) is 3.79. The zero-order valence-electron chi connectivity index (χ0n) is 12.0. The molecule has 0 radical (unpaired) electrons. The molecule has 3 heteroatoms. The van der Waals surface area contributed by atoms with Gasteiger partial charge in [0.05, 0.1) is 0 Å². The van der Waals surface area contributed by atoms with Crippen LogP contribution in [0, 0.1) is 11.2 Å². The third-order valence-corrected chi connectivity index (χ3v) is 3.79. The lowest BCUT2D eigenvalue weighted by molar-refractivity contribution is 0.472. The number of anilines is 1. The van der Waals surface area contributed by atoms with Crippen molar-refractivity contribution in [1.29, 1.82) is 0 Å². The Labute approximate surface area is 115 Å². The molecule has 1 heterocycles. The van der Waals surface area contributed by atoms with Crippen molar-refractivity contribution >= 4 is 5.69 Å². The molecule has 19 heavy (non-hydrogen) atoms. The fourth-order valence-electron chi connectivity index (χ4n) is 2.48. The lowest BCUT2D eigenvalue weighted by Crippen LogP contribution is -2.31. The van der Waals surface area contributed by atoms with Crippen LogP contribution in [0.3, 0.4) is 0 Å². The average Bonchev–Trinajstić information content (AvgIpc) is 2.38. The summed E-state index contributed by atoms with van der Waals surface area (Å²) >= 11 is 0. The van der Waals surface area contributed by atoms with Crippen LogP contribution in [0.4, 0.5) is 10.1 Å². The summed E-state index contributed by atoms with van der Waals surface area (Å²) in [4.78, 5) is 2.21. The molecule has 2 nitrogen and oxygen atoms in total. The lowest BCUT2D eigenvalue weighted by Gasteiger charge is -2.33. The van der Waals surface area contributed by atoms with Crippen LogP contribution in [0.1, 0.15) is 32.8 Å². The monoisotopic (exact) mass is 262 g/mol. The SMILES string of the molecule is CC(C)(C)C1=CCN(c2ccc(CN)c(F)c2)CC1. The molecular weight excluding hydrogens is 239 g/mol. The predicted octanol–water partition coefficient (Wildman–Crippen LogP) is 3.47. The zero-order chi connectivity index (χ0) is 14.0. The van der Waals surface area contributed by atoms with Crippen molar-refractivity contribution in [3.05, 3.63) is 41.2 Å². The molecule has 0 spiro atoms. The van der Waals surface area contributed by atoms with Gasteiger partial charge in [-0.1, -0.05) is 38.5 Å². The highest BCUT2D eigenvalue weighted by molar-refractivity contribution is 5.50. The van der Waals surface area contributed by atoms with Crippen molar-refractivity contribution in [2.24, 2.45) is 11.1 Å². The standard InChI is InChI=1S/C16H23FN2/c1-16(2,3)13-6-8-19(9-7-13)14-5-4-12(11-18)15(17)10-14/h4-6,10H,7-9,11,18H2,1-3H3. The fraction of sp³-hybridized carbons (Fsp3) is 0.500. The van der Waals surface area contributed by atoms with E-state index in [9.17, 15) is 4.39 Å². The van der Waals surface area contributed by atoms with E-state index in [0.29, 0.717) is 5.56 Å². The van der Waals surface area contributed by atoms with Gasteiger partial charge in [0.1, 0.15) is 5.82 Å². The van der Waals surface area contributed by atoms with Gasteiger partial charge in [0.25, 0.3) is 0 Å². The maximum Gasteiger partial charge on any atom is 0.129 e. The van der Waals surface area contributed by atoms with Crippen molar-refractivity contribution in [1.82, 2.24) is 0 Å². The molecule has 1 aromatic carbocycles. The van der Waals surface area contributed by atoms with Gasteiger partial charge in [0, 0.05) is 30.9 Å². The van der Waals surface area contributed by atoms with Gasteiger partial charge in [-0.25, -0.2) is 4.39 Å². The molecule has 1 aromatic rings. The smallest absolute Gasteiger partial charge is 0.129 e. The van der Waals surface area contributed by atoms with Crippen LogP contribution in [-0.2, 0) is 6.54 Å². The van der Waals surface area contributed by atoms with E-state index >= 15 is 0 Å². The first-order valence-electron chi connectivity index (χ1n) is 6.85. The molecule has 0 fully saturated rings. The number of halogens is 1. The summed E-state index contributed by atoms with van der Waals surface area (Å²) in [5.74, 6) is -0.203. The summed E-state index contributed by atoms with van der Waals surface area (Å²) in [7, 11) is 0. The molecule has 1 aliphatic rings. The Hall–Kier alpha value is -1.35. The molecule has 0 amide bonds. The van der Waals surface area contributed by atoms with E-state index in [1.807, 2.05) is 6.07 Å². The van der Waals surface area contributed by atoms with Crippen LogP contribution in [0.15, 0.2) is 29.8 Å². The Morgan fingerprint density at radius 1 is 1.32 bits per heavy atom. The summed E-state index contributed by atoms with van der Waals surface area (Å²) in [6, 6.07) is 5.34. The molecule has 0 unspecified atom stereocenters. The van der Waals surface area contributed by atoms with E-state index in [1.165, 1.54) is 5.57 Å². The van der Waals surface area contributed by atoms with Crippen molar-refractivity contribution in [3.63, 3.8) is 0 Å². The maximum absolute atomic E-state index is 13.7. The van der Waals surface area contributed by atoms with Gasteiger partial charge in [-0.15, -0.1) is 0 Å². The molecule has 0 bridgehead atoms. The molecule has 0 saturated carbocycles. The molecule has 0 saturated heterocycles. The van der Waals surface area contributed by atoms with Crippen LogP contribution in [0.25, 0.3) is 0 Å². The van der Waals surface area contributed by atoms with Crippen molar-refractivity contribution in [2.75, 3.05) is 18.0 Å². The number of nitrogens with two attached hydrogens (primary N) is 1. The van der Waals surface area contributed by atoms with Gasteiger partial charge < -0.3 is 10.6 Å². The van der Waals surface area contributed by atoms with Crippen molar-refractivity contribution < 1.29 is 4.39 Å². The second-order valence-corrected chi connectivity index (χ2v) is 6.16. The van der Waals surface area contributed by atoms with E-state index in [-0.39, 0.29) is 17.8 Å². The van der Waals surface area contributed by atoms with E-state index in [4.69, 9.17) is 5.73 Å². The molecule has 2 rings (SSSR count). The van der Waals surface area contributed by atoms with Crippen LogP contribution >= 0.6 is 0 Å². The van der Waals surface area contributed by atoms with Crippen LogP contribution in [0.2, 0.25) is 0 Å². The summed E-state index contributed by atoms with van der Waals surface area (Å²) in [5.41, 5.74) is 8.73. The number of benzene rings is 1. The average molecular weight is 262 g/mol. The topological polar surface area (TPSA) is 29.3 Å². The summed E-state index contributed by atoms with van der Waals surface area (Å²) in [5, 5.41) is 0. The molecule has 0 aliphatic carbocycles. The van der Waals surface area contributed by atoms with Gasteiger partial charge in [-0.2, -0.15) is 0 Å². The lowest BCUT2D eigenvalue weighted by atomic mass is 9.83. The first-order chi connectivity index (χ1) is 8.91. The highest BCUT2D eigenvalue weighted by atomic mass is 19.1.